The van der Waals surface area contributed by atoms with Crippen LogP contribution in [0.25, 0.3) is 0 Å². The van der Waals surface area contributed by atoms with Gasteiger partial charge in [0.15, 0.2) is 0 Å². The maximum Gasteiger partial charge on any atom is 0.573 e. The van der Waals surface area contributed by atoms with Gasteiger partial charge >= 0.3 is 6.36 Å². The van der Waals surface area contributed by atoms with E-state index >= 15 is 0 Å². The van der Waals surface area contributed by atoms with E-state index in [2.05, 4.69) is 46.9 Å². The van der Waals surface area contributed by atoms with E-state index in [1.165, 1.54) is 24.3 Å². The lowest BCUT2D eigenvalue weighted by molar-refractivity contribution is -0.274. The highest BCUT2D eigenvalue weighted by Crippen LogP contribution is 2.25. The van der Waals surface area contributed by atoms with Gasteiger partial charge in [0.2, 0.25) is 0 Å². The number of hydrogen-bond acceptors (Lipinski definition) is 3. The minimum absolute atomic E-state index is 0.254. The number of halogens is 5. The summed E-state index contributed by atoms with van der Waals surface area (Å²) in [5.41, 5.74) is 1.45. The molecule has 0 atom stereocenters. The van der Waals surface area contributed by atoms with E-state index in [0.29, 0.717) is 12.2 Å². The molecule has 0 aliphatic carbocycles. The molecule has 0 radical (unpaired) electrons. The average molecular weight is 426 g/mol. The second-order valence-electron chi connectivity index (χ2n) is 4.01. The number of rotatable bonds is 4. The van der Waals surface area contributed by atoms with Crippen molar-refractivity contribution in [2.45, 2.75) is 12.9 Å². The van der Waals surface area contributed by atoms with E-state index in [4.69, 9.17) is 0 Å². The number of pyridine rings is 1. The molecule has 1 heterocycles. The maximum absolute atomic E-state index is 12.0. The lowest BCUT2D eigenvalue weighted by Crippen LogP contribution is -2.17. The summed E-state index contributed by atoms with van der Waals surface area (Å²) in [5, 5.41) is 3.07. The van der Waals surface area contributed by atoms with Crippen molar-refractivity contribution in [3.63, 3.8) is 0 Å². The molecule has 0 saturated carbocycles. The lowest BCUT2D eigenvalue weighted by atomic mass is 10.3. The first-order valence-electron chi connectivity index (χ1n) is 5.73. The van der Waals surface area contributed by atoms with Crippen LogP contribution in [0.4, 0.5) is 18.9 Å². The first kappa shape index (κ1) is 16.1. The second-order valence-corrected chi connectivity index (χ2v) is 5.78. The van der Waals surface area contributed by atoms with Gasteiger partial charge in [-0.3, -0.25) is 4.98 Å². The molecule has 1 aromatic heterocycles. The first-order valence-corrected chi connectivity index (χ1v) is 7.32. The quantitative estimate of drug-likeness (QED) is 0.738. The highest BCUT2D eigenvalue weighted by atomic mass is 79.9. The minimum Gasteiger partial charge on any atom is -0.406 e. The summed E-state index contributed by atoms with van der Waals surface area (Å²) >= 11 is 6.69. The van der Waals surface area contributed by atoms with Gasteiger partial charge in [-0.1, -0.05) is 0 Å². The van der Waals surface area contributed by atoms with Gasteiger partial charge in [-0.05, 0) is 62.2 Å². The van der Waals surface area contributed by atoms with Crippen LogP contribution in [0.1, 0.15) is 5.69 Å². The number of alkyl halides is 3. The summed E-state index contributed by atoms with van der Waals surface area (Å²) < 4.78 is 41.6. The molecule has 0 aliphatic rings. The Bertz CT molecular complexity index is 618. The number of nitrogens with zero attached hydrogens (tertiary/aromatic N) is 1. The Morgan fingerprint density at radius 2 is 1.81 bits per heavy atom. The molecule has 0 aliphatic heterocycles. The van der Waals surface area contributed by atoms with Crippen LogP contribution in [0.5, 0.6) is 5.75 Å². The zero-order chi connectivity index (χ0) is 15.5. The highest BCUT2D eigenvalue weighted by Gasteiger charge is 2.30. The van der Waals surface area contributed by atoms with Gasteiger partial charge in [-0.25, -0.2) is 0 Å². The average Bonchev–Trinajstić information content (AvgIpc) is 2.38. The number of nitrogens with one attached hydrogen (secondary N) is 1. The molecule has 2 rings (SSSR count). The van der Waals surface area contributed by atoms with Gasteiger partial charge in [0.1, 0.15) is 5.75 Å². The standard InChI is InChI=1S/C13H9Br2F3N2O/c14-8-5-11(15)12(20-6-8)7-19-9-1-3-10(4-2-9)21-13(16,17)18/h1-6,19H,7H2. The highest BCUT2D eigenvalue weighted by molar-refractivity contribution is 9.11. The third kappa shape index (κ3) is 5.20. The molecule has 112 valence electrons. The van der Waals surface area contributed by atoms with Crippen molar-refractivity contribution in [2.75, 3.05) is 5.32 Å². The van der Waals surface area contributed by atoms with Crippen LogP contribution in [0.2, 0.25) is 0 Å². The normalized spacial score (nSPS) is 11.3. The molecular weight excluding hydrogens is 417 g/mol. The van der Waals surface area contributed by atoms with Crippen LogP contribution in [-0.4, -0.2) is 11.3 Å². The molecule has 0 amide bonds. The van der Waals surface area contributed by atoms with E-state index in [0.717, 1.165) is 14.6 Å². The Balaban J connectivity index is 1.97. The Morgan fingerprint density at radius 3 is 2.38 bits per heavy atom. The number of benzene rings is 1. The molecule has 0 unspecified atom stereocenters. The summed E-state index contributed by atoms with van der Waals surface area (Å²) in [6.45, 7) is 0.438. The van der Waals surface area contributed by atoms with Crippen LogP contribution in [-0.2, 0) is 6.54 Å². The topological polar surface area (TPSA) is 34.1 Å². The lowest BCUT2D eigenvalue weighted by Gasteiger charge is -2.11. The van der Waals surface area contributed by atoms with Crippen molar-refractivity contribution in [2.24, 2.45) is 0 Å². The van der Waals surface area contributed by atoms with Crippen LogP contribution >= 0.6 is 31.9 Å². The number of anilines is 1. The third-order valence-electron chi connectivity index (χ3n) is 2.43. The molecule has 0 bridgehead atoms. The summed E-state index contributed by atoms with van der Waals surface area (Å²) in [7, 11) is 0. The number of hydrogen-bond donors (Lipinski definition) is 1. The largest absolute Gasteiger partial charge is 0.573 e. The predicted molar refractivity (Wildman–Crippen MR) is 80.1 cm³/mol. The van der Waals surface area contributed by atoms with E-state index in [1.807, 2.05) is 6.07 Å². The Morgan fingerprint density at radius 1 is 1.14 bits per heavy atom. The zero-order valence-electron chi connectivity index (χ0n) is 10.4. The third-order valence-corrected chi connectivity index (χ3v) is 3.55. The molecule has 21 heavy (non-hydrogen) atoms. The fourth-order valence-electron chi connectivity index (χ4n) is 1.53. The smallest absolute Gasteiger partial charge is 0.406 e. The SMILES string of the molecule is FC(F)(F)Oc1ccc(NCc2ncc(Br)cc2Br)cc1. The van der Waals surface area contributed by atoms with Gasteiger partial charge in [-0.2, -0.15) is 0 Å². The number of aromatic nitrogens is 1. The fraction of sp³-hybridized carbons (Fsp3) is 0.154. The van der Waals surface area contributed by atoms with Crippen LogP contribution in [0.3, 0.4) is 0 Å². The molecular formula is C13H9Br2F3N2O. The maximum atomic E-state index is 12.0. The summed E-state index contributed by atoms with van der Waals surface area (Å²) in [4.78, 5) is 4.23. The van der Waals surface area contributed by atoms with Crippen molar-refractivity contribution in [1.29, 1.82) is 0 Å². The summed E-state index contributed by atoms with van der Waals surface area (Å²) in [6.07, 6.45) is -3.01. The second kappa shape index (κ2) is 6.65. The van der Waals surface area contributed by atoms with Crippen molar-refractivity contribution in [3.05, 3.63) is 51.2 Å². The molecule has 0 saturated heterocycles. The summed E-state index contributed by atoms with van der Waals surface area (Å²) in [6, 6.07) is 7.38. The van der Waals surface area contributed by atoms with E-state index in [-0.39, 0.29) is 5.75 Å². The van der Waals surface area contributed by atoms with Crippen molar-refractivity contribution in [3.8, 4) is 5.75 Å². The van der Waals surface area contributed by atoms with Crippen molar-refractivity contribution < 1.29 is 17.9 Å². The van der Waals surface area contributed by atoms with Gasteiger partial charge in [-0.15, -0.1) is 13.2 Å². The monoisotopic (exact) mass is 424 g/mol. The predicted octanol–water partition coefficient (Wildman–Crippen LogP) is 5.12. The van der Waals surface area contributed by atoms with Gasteiger partial charge in [0.25, 0.3) is 0 Å². The van der Waals surface area contributed by atoms with Crippen LogP contribution in [0, 0.1) is 0 Å². The van der Waals surface area contributed by atoms with Crippen molar-refractivity contribution in [1.82, 2.24) is 4.98 Å². The Hall–Kier alpha value is -1.28. The number of ether oxygens (including phenoxy) is 1. The molecule has 0 spiro atoms. The van der Waals surface area contributed by atoms with Gasteiger partial charge < -0.3 is 10.1 Å². The van der Waals surface area contributed by atoms with E-state index < -0.39 is 6.36 Å². The minimum atomic E-state index is -4.68. The molecule has 1 aromatic carbocycles. The van der Waals surface area contributed by atoms with Crippen LogP contribution in [0.15, 0.2) is 45.5 Å². The fourth-order valence-corrected chi connectivity index (χ4v) is 2.66. The molecule has 0 fully saturated rings. The van der Waals surface area contributed by atoms with E-state index in [1.54, 1.807) is 6.20 Å². The van der Waals surface area contributed by atoms with Gasteiger partial charge in [0, 0.05) is 20.8 Å². The molecule has 2 aromatic rings. The van der Waals surface area contributed by atoms with Crippen LogP contribution < -0.4 is 10.1 Å². The van der Waals surface area contributed by atoms with E-state index in [9.17, 15) is 13.2 Å². The summed E-state index contributed by atoms with van der Waals surface area (Å²) in [5.74, 6) is -0.254. The molecule has 3 nitrogen and oxygen atoms in total. The Labute approximate surface area is 135 Å². The Kier molecular flexibility index (Phi) is 5.10. The zero-order valence-corrected chi connectivity index (χ0v) is 13.6. The molecule has 8 heteroatoms. The van der Waals surface area contributed by atoms with Crippen molar-refractivity contribution >= 4 is 37.5 Å². The van der Waals surface area contributed by atoms with Gasteiger partial charge in [0.05, 0.1) is 12.2 Å². The first-order chi connectivity index (χ1) is 9.83. The molecule has 1 N–H and O–H groups in total.